The molecule has 0 fully saturated rings. The van der Waals surface area contributed by atoms with Crippen molar-refractivity contribution in [3.05, 3.63) is 14.7 Å². The number of nitrogens with one attached hydrogen (secondary N) is 1. The normalized spacial score (nSPS) is 13.5. The van der Waals surface area contributed by atoms with E-state index in [9.17, 15) is 8.42 Å². The second-order valence-electron chi connectivity index (χ2n) is 2.98. The zero-order valence-corrected chi connectivity index (χ0v) is 11.5. The fourth-order valence-electron chi connectivity index (χ4n) is 1.03. The van der Waals surface area contributed by atoms with Gasteiger partial charge >= 0.3 is 0 Å². The van der Waals surface area contributed by atoms with Gasteiger partial charge in [-0.15, -0.1) is 17.8 Å². The summed E-state index contributed by atoms with van der Waals surface area (Å²) in [4.78, 5) is 1.01. The SMILES string of the molecule is C#CC(C)NS(=O)(=O)c1cc(Br)sc1C. The average molecular weight is 308 g/mol. The molecular weight excluding hydrogens is 298 g/mol. The summed E-state index contributed by atoms with van der Waals surface area (Å²) in [6.45, 7) is 3.37. The lowest BCUT2D eigenvalue weighted by Gasteiger charge is -2.07. The van der Waals surface area contributed by atoms with Crippen LogP contribution in [-0.4, -0.2) is 14.5 Å². The largest absolute Gasteiger partial charge is 0.242 e. The van der Waals surface area contributed by atoms with Gasteiger partial charge in [0.15, 0.2) is 0 Å². The molecule has 1 unspecified atom stereocenters. The lowest BCUT2D eigenvalue weighted by Crippen LogP contribution is -2.31. The number of sulfonamides is 1. The second kappa shape index (κ2) is 4.66. The highest BCUT2D eigenvalue weighted by atomic mass is 79.9. The van der Waals surface area contributed by atoms with Gasteiger partial charge < -0.3 is 0 Å². The fraction of sp³-hybridized carbons (Fsp3) is 0.333. The molecule has 6 heteroatoms. The van der Waals surface area contributed by atoms with Crippen LogP contribution in [0.1, 0.15) is 11.8 Å². The van der Waals surface area contributed by atoms with Crippen LogP contribution in [-0.2, 0) is 10.0 Å². The molecule has 0 saturated heterocycles. The van der Waals surface area contributed by atoms with Crippen molar-refractivity contribution < 1.29 is 8.42 Å². The van der Waals surface area contributed by atoms with Crippen LogP contribution in [0.2, 0.25) is 0 Å². The predicted molar refractivity (Wildman–Crippen MR) is 65.4 cm³/mol. The number of aryl methyl sites for hydroxylation is 1. The smallest absolute Gasteiger partial charge is 0.207 e. The zero-order valence-electron chi connectivity index (χ0n) is 8.24. The van der Waals surface area contributed by atoms with Gasteiger partial charge in [-0.05, 0) is 35.8 Å². The number of hydrogen-bond acceptors (Lipinski definition) is 3. The number of thiophene rings is 1. The Labute approximate surface area is 102 Å². The predicted octanol–water partition coefficient (Wildman–Crippen LogP) is 2.12. The Hall–Kier alpha value is -0.350. The van der Waals surface area contributed by atoms with Crippen molar-refractivity contribution in [2.24, 2.45) is 0 Å². The van der Waals surface area contributed by atoms with E-state index in [1.807, 2.05) is 0 Å². The fourth-order valence-corrected chi connectivity index (χ4v) is 4.61. The number of terminal acetylenes is 1. The van der Waals surface area contributed by atoms with Gasteiger partial charge in [-0.3, -0.25) is 0 Å². The van der Waals surface area contributed by atoms with Gasteiger partial charge in [0.1, 0.15) is 0 Å². The molecule has 0 aromatic carbocycles. The number of hydrogen-bond donors (Lipinski definition) is 1. The summed E-state index contributed by atoms with van der Waals surface area (Å²) in [5.41, 5.74) is 0. The van der Waals surface area contributed by atoms with Gasteiger partial charge in [-0.25, -0.2) is 8.42 Å². The van der Waals surface area contributed by atoms with Crippen molar-refractivity contribution in [3.63, 3.8) is 0 Å². The Morgan fingerprint density at radius 1 is 1.67 bits per heavy atom. The van der Waals surface area contributed by atoms with E-state index in [0.717, 1.165) is 8.66 Å². The highest BCUT2D eigenvalue weighted by Gasteiger charge is 2.20. The van der Waals surface area contributed by atoms with E-state index in [2.05, 4.69) is 26.6 Å². The van der Waals surface area contributed by atoms with Gasteiger partial charge in [0.2, 0.25) is 10.0 Å². The first-order chi connectivity index (χ1) is 6.86. The molecule has 0 radical (unpaired) electrons. The first-order valence-corrected chi connectivity index (χ1v) is 7.20. The third-order valence-electron chi connectivity index (χ3n) is 1.71. The molecule has 0 spiro atoms. The Morgan fingerprint density at radius 3 is 2.67 bits per heavy atom. The Morgan fingerprint density at radius 2 is 2.27 bits per heavy atom. The summed E-state index contributed by atoms with van der Waals surface area (Å²) in [6.07, 6.45) is 5.12. The van der Waals surface area contributed by atoms with Crippen molar-refractivity contribution >= 4 is 37.3 Å². The standard InChI is InChI=1S/C9H10BrNO2S2/c1-4-6(2)11-15(12,13)8-5-9(10)14-7(8)3/h1,5-6,11H,2-3H3. The Balaban J connectivity index is 3.08. The number of halogens is 1. The summed E-state index contributed by atoms with van der Waals surface area (Å²) >= 11 is 4.62. The van der Waals surface area contributed by atoms with Crippen LogP contribution in [0.3, 0.4) is 0 Å². The van der Waals surface area contributed by atoms with Gasteiger partial charge in [0, 0.05) is 4.88 Å². The lowest BCUT2D eigenvalue weighted by molar-refractivity contribution is 0.577. The monoisotopic (exact) mass is 307 g/mol. The molecular formula is C9H10BrNO2S2. The molecule has 0 aliphatic carbocycles. The molecule has 3 nitrogen and oxygen atoms in total. The molecule has 0 amide bonds. The minimum absolute atomic E-state index is 0.279. The maximum Gasteiger partial charge on any atom is 0.242 e. The molecule has 1 N–H and O–H groups in total. The summed E-state index contributed by atoms with van der Waals surface area (Å²) < 4.78 is 26.8. The Bertz CT molecular complexity index is 499. The van der Waals surface area contributed by atoms with E-state index in [1.54, 1.807) is 19.9 Å². The van der Waals surface area contributed by atoms with Crippen LogP contribution in [0.5, 0.6) is 0 Å². The molecule has 1 rings (SSSR count). The highest BCUT2D eigenvalue weighted by molar-refractivity contribution is 9.11. The Kier molecular flexibility index (Phi) is 3.95. The summed E-state index contributed by atoms with van der Waals surface area (Å²) in [5.74, 6) is 2.32. The van der Waals surface area contributed by atoms with E-state index in [-0.39, 0.29) is 4.90 Å². The summed E-state index contributed by atoms with van der Waals surface area (Å²) in [6, 6.07) is 1.07. The van der Waals surface area contributed by atoms with E-state index >= 15 is 0 Å². The molecule has 15 heavy (non-hydrogen) atoms. The zero-order chi connectivity index (χ0) is 11.6. The molecule has 0 bridgehead atoms. The molecule has 1 aromatic rings. The summed E-state index contributed by atoms with van der Waals surface area (Å²) in [5, 5.41) is 0. The van der Waals surface area contributed by atoms with Gasteiger partial charge in [-0.2, -0.15) is 4.72 Å². The molecule has 0 aliphatic heterocycles. The van der Waals surface area contributed by atoms with Crippen molar-refractivity contribution in [1.82, 2.24) is 4.72 Å². The molecule has 1 heterocycles. The van der Waals surface area contributed by atoms with Crippen LogP contribution in [0.25, 0.3) is 0 Å². The van der Waals surface area contributed by atoms with Crippen LogP contribution in [0.4, 0.5) is 0 Å². The van der Waals surface area contributed by atoms with E-state index < -0.39 is 16.1 Å². The lowest BCUT2D eigenvalue weighted by atomic mass is 10.4. The van der Waals surface area contributed by atoms with Crippen LogP contribution < -0.4 is 4.72 Å². The van der Waals surface area contributed by atoms with Gasteiger partial charge in [-0.1, -0.05) is 5.92 Å². The third kappa shape index (κ3) is 3.05. The summed E-state index contributed by atoms with van der Waals surface area (Å²) in [7, 11) is -3.49. The molecule has 1 atom stereocenters. The van der Waals surface area contributed by atoms with Crippen molar-refractivity contribution in [1.29, 1.82) is 0 Å². The molecule has 0 saturated carbocycles. The number of rotatable bonds is 3. The van der Waals surface area contributed by atoms with Crippen LogP contribution >= 0.6 is 27.3 Å². The third-order valence-corrected chi connectivity index (χ3v) is 5.06. The average Bonchev–Trinajstić information content (AvgIpc) is 2.45. The molecule has 82 valence electrons. The van der Waals surface area contributed by atoms with Crippen molar-refractivity contribution in [3.8, 4) is 12.3 Å². The highest BCUT2D eigenvalue weighted by Crippen LogP contribution is 2.29. The first kappa shape index (κ1) is 12.7. The molecule has 0 aliphatic rings. The quantitative estimate of drug-likeness (QED) is 0.870. The first-order valence-electron chi connectivity index (χ1n) is 4.11. The second-order valence-corrected chi connectivity index (χ2v) is 7.30. The van der Waals surface area contributed by atoms with E-state index in [1.165, 1.54) is 11.3 Å². The van der Waals surface area contributed by atoms with Crippen LogP contribution in [0.15, 0.2) is 14.7 Å². The minimum Gasteiger partial charge on any atom is -0.207 e. The van der Waals surface area contributed by atoms with Crippen LogP contribution in [0, 0.1) is 19.3 Å². The minimum atomic E-state index is -3.49. The van der Waals surface area contributed by atoms with Crippen molar-refractivity contribution in [2.75, 3.05) is 0 Å². The van der Waals surface area contributed by atoms with Crippen molar-refractivity contribution in [2.45, 2.75) is 24.8 Å². The maximum atomic E-state index is 11.8. The van der Waals surface area contributed by atoms with Gasteiger partial charge in [0.05, 0.1) is 14.7 Å². The van der Waals surface area contributed by atoms with Gasteiger partial charge in [0.25, 0.3) is 0 Å². The van der Waals surface area contributed by atoms with E-state index in [0.29, 0.717) is 0 Å². The topological polar surface area (TPSA) is 46.2 Å². The maximum absolute atomic E-state index is 11.8. The molecule has 1 aromatic heterocycles. The van der Waals surface area contributed by atoms with E-state index in [4.69, 9.17) is 6.42 Å².